The molecule has 104 valence electrons. The first kappa shape index (κ1) is 13.0. The number of nitrogens with one attached hydrogen (secondary N) is 1. The average Bonchev–Trinajstić information content (AvgIpc) is 2.65. The van der Waals surface area contributed by atoms with Crippen molar-refractivity contribution in [3.05, 3.63) is 59.2 Å². The van der Waals surface area contributed by atoms with E-state index in [9.17, 15) is 0 Å². The Balaban J connectivity index is 1.95. The molecule has 1 N–H and O–H groups in total. The van der Waals surface area contributed by atoms with Crippen molar-refractivity contribution in [1.82, 2.24) is 0 Å². The van der Waals surface area contributed by atoms with E-state index < -0.39 is 0 Å². The second-order valence-corrected chi connectivity index (χ2v) is 5.50. The highest BCUT2D eigenvalue weighted by atomic mass is 16.5. The van der Waals surface area contributed by atoms with Crippen LogP contribution < -0.4 is 10.1 Å². The maximum atomic E-state index is 5.94. The van der Waals surface area contributed by atoms with Crippen LogP contribution in [0.3, 0.4) is 0 Å². The molecule has 2 aromatic carbocycles. The fourth-order valence-electron chi connectivity index (χ4n) is 2.84. The number of benzene rings is 2. The minimum atomic E-state index is 0.327. The van der Waals surface area contributed by atoms with E-state index in [1.807, 2.05) is 0 Å². The zero-order valence-electron chi connectivity index (χ0n) is 12.1. The van der Waals surface area contributed by atoms with Gasteiger partial charge in [-0.15, -0.1) is 0 Å². The third kappa shape index (κ3) is 2.51. The highest BCUT2D eigenvalue weighted by Gasteiger charge is 2.21. The summed E-state index contributed by atoms with van der Waals surface area (Å²) in [5, 5.41) is 3.69. The van der Waals surface area contributed by atoms with E-state index in [2.05, 4.69) is 61.6 Å². The van der Waals surface area contributed by atoms with E-state index >= 15 is 0 Å². The number of fused-ring (bicyclic) bond motifs is 1. The van der Waals surface area contributed by atoms with Gasteiger partial charge in [0.1, 0.15) is 5.75 Å². The summed E-state index contributed by atoms with van der Waals surface area (Å²) >= 11 is 0. The molecule has 1 atom stereocenters. The topological polar surface area (TPSA) is 21.3 Å². The van der Waals surface area contributed by atoms with E-state index in [4.69, 9.17) is 4.74 Å². The monoisotopic (exact) mass is 267 g/mol. The fraction of sp³-hybridized carbons (Fsp3) is 0.333. The number of rotatable bonds is 2. The van der Waals surface area contributed by atoms with Crippen molar-refractivity contribution in [2.45, 2.75) is 32.7 Å². The van der Waals surface area contributed by atoms with Crippen LogP contribution in [0.4, 0.5) is 5.69 Å². The number of para-hydroxylation sites is 2. The lowest BCUT2D eigenvalue weighted by Crippen LogP contribution is -2.11. The summed E-state index contributed by atoms with van der Waals surface area (Å²) in [5.41, 5.74) is 5.01. The van der Waals surface area contributed by atoms with Crippen molar-refractivity contribution in [3.8, 4) is 5.75 Å². The quantitative estimate of drug-likeness (QED) is 0.856. The summed E-state index contributed by atoms with van der Waals surface area (Å²) in [6.45, 7) is 5.07. The van der Waals surface area contributed by atoms with Crippen molar-refractivity contribution in [3.63, 3.8) is 0 Å². The van der Waals surface area contributed by atoms with Crippen LogP contribution in [0.25, 0.3) is 0 Å². The molecule has 0 spiro atoms. The molecular formula is C18H21NO. The van der Waals surface area contributed by atoms with Crippen molar-refractivity contribution in [1.29, 1.82) is 0 Å². The van der Waals surface area contributed by atoms with Crippen molar-refractivity contribution in [2.24, 2.45) is 0 Å². The molecule has 0 bridgehead atoms. The molecular weight excluding hydrogens is 246 g/mol. The van der Waals surface area contributed by atoms with Gasteiger partial charge in [0.15, 0.2) is 0 Å². The Bertz CT molecular complexity index is 606. The summed E-state index contributed by atoms with van der Waals surface area (Å²) in [6, 6.07) is 15.2. The summed E-state index contributed by atoms with van der Waals surface area (Å²) in [7, 11) is 0. The first-order valence-electron chi connectivity index (χ1n) is 7.30. The molecule has 0 saturated carbocycles. The number of anilines is 1. The highest BCUT2D eigenvalue weighted by molar-refractivity contribution is 5.54. The maximum Gasteiger partial charge on any atom is 0.127 e. The SMILES string of the molecule is Cc1ccccc1NC1CCCOc2c(C)cccc21. The predicted molar refractivity (Wildman–Crippen MR) is 83.5 cm³/mol. The largest absolute Gasteiger partial charge is 0.493 e. The van der Waals surface area contributed by atoms with Crippen LogP contribution in [0, 0.1) is 13.8 Å². The van der Waals surface area contributed by atoms with Gasteiger partial charge < -0.3 is 10.1 Å². The molecule has 0 amide bonds. The van der Waals surface area contributed by atoms with Crippen LogP contribution in [0.15, 0.2) is 42.5 Å². The summed E-state index contributed by atoms with van der Waals surface area (Å²) in [6.07, 6.45) is 2.18. The first-order chi connectivity index (χ1) is 9.75. The van der Waals surface area contributed by atoms with Crippen LogP contribution in [0.5, 0.6) is 5.75 Å². The van der Waals surface area contributed by atoms with Gasteiger partial charge in [0.05, 0.1) is 12.6 Å². The molecule has 2 aromatic rings. The Morgan fingerprint density at radius 3 is 2.65 bits per heavy atom. The lowest BCUT2D eigenvalue weighted by atomic mass is 9.99. The third-order valence-electron chi connectivity index (χ3n) is 3.98. The Hall–Kier alpha value is -1.96. The smallest absolute Gasteiger partial charge is 0.127 e. The Labute approximate surface area is 120 Å². The van der Waals surface area contributed by atoms with E-state index in [0.717, 1.165) is 25.2 Å². The summed E-state index contributed by atoms with van der Waals surface area (Å²) in [5.74, 6) is 1.07. The lowest BCUT2D eigenvalue weighted by molar-refractivity contribution is 0.314. The number of ether oxygens (including phenoxy) is 1. The molecule has 1 unspecified atom stereocenters. The van der Waals surface area contributed by atoms with Gasteiger partial charge in [0.25, 0.3) is 0 Å². The van der Waals surface area contributed by atoms with Gasteiger partial charge in [-0.1, -0.05) is 36.4 Å². The highest BCUT2D eigenvalue weighted by Crippen LogP contribution is 2.36. The van der Waals surface area contributed by atoms with Crippen LogP contribution in [0.2, 0.25) is 0 Å². The van der Waals surface area contributed by atoms with E-state index in [-0.39, 0.29) is 0 Å². The normalized spacial score (nSPS) is 17.8. The predicted octanol–water partition coefficient (Wildman–Crippen LogP) is 4.63. The molecule has 2 nitrogen and oxygen atoms in total. The van der Waals surface area contributed by atoms with Crippen LogP contribution >= 0.6 is 0 Å². The molecule has 20 heavy (non-hydrogen) atoms. The third-order valence-corrected chi connectivity index (χ3v) is 3.98. The van der Waals surface area contributed by atoms with E-state index in [0.29, 0.717) is 6.04 Å². The molecule has 0 aliphatic carbocycles. The summed E-state index contributed by atoms with van der Waals surface area (Å²) < 4.78 is 5.94. The second kappa shape index (κ2) is 5.58. The minimum absolute atomic E-state index is 0.327. The van der Waals surface area contributed by atoms with Crippen molar-refractivity contribution >= 4 is 5.69 Å². The Morgan fingerprint density at radius 2 is 1.80 bits per heavy atom. The molecule has 1 aliphatic heterocycles. The minimum Gasteiger partial charge on any atom is -0.493 e. The van der Waals surface area contributed by atoms with Gasteiger partial charge >= 0.3 is 0 Å². The summed E-state index contributed by atoms with van der Waals surface area (Å²) in [4.78, 5) is 0. The van der Waals surface area contributed by atoms with Gasteiger partial charge in [-0.2, -0.15) is 0 Å². The fourth-order valence-corrected chi connectivity index (χ4v) is 2.84. The second-order valence-electron chi connectivity index (χ2n) is 5.50. The van der Waals surface area contributed by atoms with Gasteiger partial charge in [0.2, 0.25) is 0 Å². The van der Waals surface area contributed by atoms with E-state index in [1.165, 1.54) is 22.4 Å². The Morgan fingerprint density at radius 1 is 1.00 bits per heavy atom. The van der Waals surface area contributed by atoms with Gasteiger partial charge in [-0.3, -0.25) is 0 Å². The average molecular weight is 267 g/mol. The molecule has 0 saturated heterocycles. The maximum absolute atomic E-state index is 5.94. The molecule has 2 heteroatoms. The first-order valence-corrected chi connectivity index (χ1v) is 7.30. The standard InChI is InChI=1S/C18H21NO/c1-13-7-3-4-10-16(13)19-17-11-6-12-20-18-14(2)8-5-9-15(17)18/h3-5,7-10,17,19H,6,11-12H2,1-2H3. The molecule has 0 fully saturated rings. The van der Waals surface area contributed by atoms with Crippen LogP contribution in [-0.2, 0) is 0 Å². The van der Waals surface area contributed by atoms with Crippen LogP contribution in [0.1, 0.15) is 35.6 Å². The molecule has 1 heterocycles. The van der Waals surface area contributed by atoms with E-state index in [1.54, 1.807) is 0 Å². The van der Waals surface area contributed by atoms with Crippen molar-refractivity contribution in [2.75, 3.05) is 11.9 Å². The Kier molecular flexibility index (Phi) is 3.64. The molecule has 3 rings (SSSR count). The van der Waals surface area contributed by atoms with Crippen molar-refractivity contribution < 1.29 is 4.74 Å². The van der Waals surface area contributed by atoms with Crippen LogP contribution in [-0.4, -0.2) is 6.61 Å². The molecule has 1 aliphatic rings. The van der Waals surface area contributed by atoms with Gasteiger partial charge in [-0.05, 0) is 43.9 Å². The van der Waals surface area contributed by atoms with Gasteiger partial charge in [0, 0.05) is 11.3 Å². The zero-order valence-corrected chi connectivity index (χ0v) is 12.1. The molecule has 0 aromatic heterocycles. The molecule has 0 radical (unpaired) electrons. The zero-order chi connectivity index (χ0) is 13.9. The number of aryl methyl sites for hydroxylation is 2. The number of hydrogen-bond donors (Lipinski definition) is 1. The number of hydrogen-bond acceptors (Lipinski definition) is 2. The lowest BCUT2D eigenvalue weighted by Gasteiger charge is -2.21. The van der Waals surface area contributed by atoms with Gasteiger partial charge in [-0.25, -0.2) is 0 Å².